The van der Waals surface area contributed by atoms with Crippen molar-refractivity contribution in [2.75, 3.05) is 5.32 Å². The number of imidazole rings is 1. The lowest BCUT2D eigenvalue weighted by molar-refractivity contribution is 0.630. The van der Waals surface area contributed by atoms with E-state index in [1.165, 1.54) is 0 Å². The Morgan fingerprint density at radius 1 is 1.46 bits per heavy atom. The van der Waals surface area contributed by atoms with Gasteiger partial charge in [0, 0.05) is 18.3 Å². The van der Waals surface area contributed by atoms with E-state index in [1.54, 1.807) is 0 Å². The van der Waals surface area contributed by atoms with Gasteiger partial charge in [0.15, 0.2) is 0 Å². The van der Waals surface area contributed by atoms with Gasteiger partial charge in [-0.2, -0.15) is 0 Å². The molecule has 0 saturated carbocycles. The Morgan fingerprint density at radius 3 is 2.69 bits per heavy atom. The average molecular weight is 181 g/mol. The van der Waals surface area contributed by atoms with Crippen LogP contribution in [0.4, 0.5) is 5.82 Å². The van der Waals surface area contributed by atoms with Crippen molar-refractivity contribution in [1.29, 1.82) is 0 Å². The SMILES string of the molecule is CCCn1cnc(NC(C)(C)C)c1. The predicted octanol–water partition coefficient (Wildman–Crippen LogP) is 2.50. The predicted molar refractivity (Wildman–Crippen MR) is 55.9 cm³/mol. The first-order valence-corrected chi connectivity index (χ1v) is 4.81. The summed E-state index contributed by atoms with van der Waals surface area (Å²) in [6.07, 6.45) is 5.07. The molecule has 0 amide bonds. The maximum atomic E-state index is 4.27. The third-order valence-electron chi connectivity index (χ3n) is 1.62. The topological polar surface area (TPSA) is 29.9 Å². The number of aromatic nitrogens is 2. The molecule has 0 radical (unpaired) electrons. The molecule has 1 aromatic rings. The maximum absolute atomic E-state index is 4.27. The molecule has 0 saturated heterocycles. The second-order valence-corrected chi connectivity index (χ2v) is 4.37. The van der Waals surface area contributed by atoms with Crippen molar-refractivity contribution < 1.29 is 0 Å². The van der Waals surface area contributed by atoms with Gasteiger partial charge in [-0.05, 0) is 27.2 Å². The zero-order chi connectivity index (χ0) is 9.90. The van der Waals surface area contributed by atoms with E-state index in [2.05, 4.69) is 48.8 Å². The molecule has 0 aliphatic heterocycles. The first-order chi connectivity index (χ1) is 6.01. The average Bonchev–Trinajstić information content (AvgIpc) is 2.33. The smallest absolute Gasteiger partial charge is 0.144 e. The fourth-order valence-electron chi connectivity index (χ4n) is 1.19. The van der Waals surface area contributed by atoms with E-state index >= 15 is 0 Å². The van der Waals surface area contributed by atoms with Gasteiger partial charge in [-0.3, -0.25) is 0 Å². The highest BCUT2D eigenvalue weighted by Gasteiger charge is 2.10. The van der Waals surface area contributed by atoms with Crippen molar-refractivity contribution in [3.05, 3.63) is 12.5 Å². The van der Waals surface area contributed by atoms with E-state index in [4.69, 9.17) is 0 Å². The van der Waals surface area contributed by atoms with Crippen LogP contribution in [0.25, 0.3) is 0 Å². The quantitative estimate of drug-likeness (QED) is 0.776. The van der Waals surface area contributed by atoms with Gasteiger partial charge in [0.25, 0.3) is 0 Å². The monoisotopic (exact) mass is 181 g/mol. The van der Waals surface area contributed by atoms with Crippen molar-refractivity contribution in [2.24, 2.45) is 0 Å². The summed E-state index contributed by atoms with van der Waals surface area (Å²) >= 11 is 0. The lowest BCUT2D eigenvalue weighted by Gasteiger charge is -2.19. The molecule has 0 unspecified atom stereocenters. The molecule has 1 N–H and O–H groups in total. The summed E-state index contributed by atoms with van der Waals surface area (Å²) in [6, 6.07) is 0. The van der Waals surface area contributed by atoms with Gasteiger partial charge in [-0.15, -0.1) is 0 Å². The van der Waals surface area contributed by atoms with Gasteiger partial charge in [0.1, 0.15) is 5.82 Å². The van der Waals surface area contributed by atoms with Gasteiger partial charge in [-0.1, -0.05) is 6.92 Å². The van der Waals surface area contributed by atoms with E-state index in [-0.39, 0.29) is 5.54 Å². The number of nitrogens with one attached hydrogen (secondary N) is 1. The molecule has 0 spiro atoms. The van der Waals surface area contributed by atoms with Crippen molar-refractivity contribution in [3.8, 4) is 0 Å². The molecule has 1 aromatic heterocycles. The van der Waals surface area contributed by atoms with E-state index in [9.17, 15) is 0 Å². The Morgan fingerprint density at radius 2 is 2.15 bits per heavy atom. The van der Waals surface area contributed by atoms with Crippen molar-refractivity contribution >= 4 is 5.82 Å². The molecule has 1 rings (SSSR count). The number of nitrogens with zero attached hydrogens (tertiary/aromatic N) is 2. The minimum absolute atomic E-state index is 0.0887. The van der Waals surface area contributed by atoms with Crippen LogP contribution in [0.15, 0.2) is 12.5 Å². The van der Waals surface area contributed by atoms with Crippen LogP contribution in [0.2, 0.25) is 0 Å². The van der Waals surface area contributed by atoms with Gasteiger partial charge < -0.3 is 9.88 Å². The Labute approximate surface area is 80.2 Å². The molecule has 0 aromatic carbocycles. The molecule has 74 valence electrons. The van der Waals surface area contributed by atoms with E-state index in [0.717, 1.165) is 18.8 Å². The number of aryl methyl sites for hydroxylation is 1. The lowest BCUT2D eigenvalue weighted by Crippen LogP contribution is -2.26. The summed E-state index contributed by atoms with van der Waals surface area (Å²) in [5.41, 5.74) is 0.0887. The zero-order valence-electron chi connectivity index (χ0n) is 8.96. The largest absolute Gasteiger partial charge is 0.364 e. The Balaban J connectivity index is 2.59. The van der Waals surface area contributed by atoms with Crippen LogP contribution in [-0.4, -0.2) is 15.1 Å². The molecule has 3 heteroatoms. The third kappa shape index (κ3) is 3.49. The molecule has 1 heterocycles. The highest BCUT2D eigenvalue weighted by molar-refractivity contribution is 5.34. The van der Waals surface area contributed by atoms with Crippen LogP contribution in [0.1, 0.15) is 34.1 Å². The molecular formula is C10H19N3. The maximum Gasteiger partial charge on any atom is 0.144 e. The van der Waals surface area contributed by atoms with E-state index in [1.807, 2.05) is 6.33 Å². The minimum atomic E-state index is 0.0887. The number of hydrogen-bond acceptors (Lipinski definition) is 2. The Hall–Kier alpha value is -0.990. The standard InChI is InChI=1S/C10H19N3/c1-5-6-13-7-9(11-8-13)12-10(2,3)4/h7-8,12H,5-6H2,1-4H3. The van der Waals surface area contributed by atoms with E-state index < -0.39 is 0 Å². The van der Waals surface area contributed by atoms with Gasteiger partial charge in [0.2, 0.25) is 0 Å². The molecule has 0 aliphatic carbocycles. The first kappa shape index (κ1) is 10.1. The Kier molecular flexibility index (Phi) is 2.96. The number of anilines is 1. The minimum Gasteiger partial charge on any atom is -0.364 e. The van der Waals surface area contributed by atoms with Crippen LogP contribution in [0.3, 0.4) is 0 Å². The van der Waals surface area contributed by atoms with Crippen LogP contribution in [-0.2, 0) is 6.54 Å². The number of rotatable bonds is 3. The summed E-state index contributed by atoms with van der Waals surface area (Å²) < 4.78 is 2.11. The van der Waals surface area contributed by atoms with Gasteiger partial charge in [0.05, 0.1) is 6.33 Å². The third-order valence-corrected chi connectivity index (χ3v) is 1.62. The summed E-state index contributed by atoms with van der Waals surface area (Å²) in [4.78, 5) is 4.27. The van der Waals surface area contributed by atoms with E-state index in [0.29, 0.717) is 0 Å². The molecule has 3 nitrogen and oxygen atoms in total. The summed E-state index contributed by atoms with van der Waals surface area (Å²) in [7, 11) is 0. The molecular weight excluding hydrogens is 162 g/mol. The van der Waals surface area contributed by atoms with Crippen molar-refractivity contribution in [1.82, 2.24) is 9.55 Å². The highest BCUT2D eigenvalue weighted by Crippen LogP contribution is 2.11. The first-order valence-electron chi connectivity index (χ1n) is 4.81. The normalized spacial score (nSPS) is 11.7. The van der Waals surface area contributed by atoms with Crippen LogP contribution >= 0.6 is 0 Å². The van der Waals surface area contributed by atoms with Gasteiger partial charge in [-0.25, -0.2) is 4.98 Å². The molecule has 0 fully saturated rings. The molecule has 0 aliphatic rings. The molecule has 0 bridgehead atoms. The van der Waals surface area contributed by atoms with Crippen molar-refractivity contribution in [2.45, 2.75) is 46.2 Å². The molecule has 13 heavy (non-hydrogen) atoms. The fourth-order valence-corrected chi connectivity index (χ4v) is 1.19. The van der Waals surface area contributed by atoms with Gasteiger partial charge >= 0.3 is 0 Å². The summed E-state index contributed by atoms with van der Waals surface area (Å²) in [5.74, 6) is 0.959. The zero-order valence-corrected chi connectivity index (χ0v) is 8.96. The second-order valence-electron chi connectivity index (χ2n) is 4.37. The number of hydrogen-bond donors (Lipinski definition) is 1. The second kappa shape index (κ2) is 3.81. The Bertz CT molecular complexity index is 257. The fraction of sp³-hybridized carbons (Fsp3) is 0.700. The van der Waals surface area contributed by atoms with Crippen molar-refractivity contribution in [3.63, 3.8) is 0 Å². The van der Waals surface area contributed by atoms with Crippen LogP contribution in [0.5, 0.6) is 0 Å². The highest BCUT2D eigenvalue weighted by atomic mass is 15.1. The lowest BCUT2D eigenvalue weighted by atomic mass is 10.1. The van der Waals surface area contributed by atoms with Crippen LogP contribution < -0.4 is 5.32 Å². The molecule has 0 atom stereocenters. The van der Waals surface area contributed by atoms with Crippen LogP contribution in [0, 0.1) is 0 Å². The summed E-state index contributed by atoms with van der Waals surface area (Å²) in [6.45, 7) is 9.60. The summed E-state index contributed by atoms with van der Waals surface area (Å²) in [5, 5.41) is 3.33.